The summed E-state index contributed by atoms with van der Waals surface area (Å²) < 4.78 is 4.81. The predicted octanol–water partition coefficient (Wildman–Crippen LogP) is 16.0. The summed E-state index contributed by atoms with van der Waals surface area (Å²) in [6.45, 7) is 4.72. The van der Waals surface area contributed by atoms with E-state index < -0.39 is 0 Å². The van der Waals surface area contributed by atoms with Gasteiger partial charge < -0.3 is 14.5 Å². The Morgan fingerprint density at radius 1 is 0.418 bits per heavy atom. The Morgan fingerprint density at radius 3 is 1.75 bits per heavy atom. The summed E-state index contributed by atoms with van der Waals surface area (Å²) in [4.78, 5) is 5.72. The smallest absolute Gasteiger partial charge is 0.145 e. The van der Waals surface area contributed by atoms with E-state index in [1.54, 1.807) is 0 Å². The molecule has 1 atom stereocenters. The van der Waals surface area contributed by atoms with Crippen molar-refractivity contribution in [3.8, 4) is 33.6 Å². The lowest BCUT2D eigenvalue weighted by Crippen LogP contribution is -2.25. The van der Waals surface area contributed by atoms with Crippen LogP contribution in [0.3, 0.4) is 0 Å². The van der Waals surface area contributed by atoms with Crippen LogP contribution in [0.4, 0.5) is 5.69 Å². The Balaban J connectivity index is 0.916. The molecule has 1 aliphatic carbocycles. The summed E-state index contributed by atoms with van der Waals surface area (Å²) in [5.41, 5.74) is 20.1. The second-order valence-electron chi connectivity index (χ2n) is 18.7. The second-order valence-corrected chi connectivity index (χ2v) is 18.7. The molecule has 1 aliphatic heterocycles. The van der Waals surface area contributed by atoms with Crippen LogP contribution in [0, 0.1) is 0 Å². The van der Waals surface area contributed by atoms with E-state index in [2.05, 4.69) is 247 Å². The van der Waals surface area contributed by atoms with E-state index in [0.717, 1.165) is 28.2 Å². The number of aliphatic imine (C=N–C) groups is 1. The minimum atomic E-state index is -0.290. The van der Waals surface area contributed by atoms with Crippen molar-refractivity contribution in [3.63, 3.8) is 0 Å². The maximum atomic E-state index is 5.72. The molecule has 4 nitrogen and oxygen atoms in total. The fourth-order valence-electron chi connectivity index (χ4n) is 11.7. The molecule has 0 saturated heterocycles. The van der Waals surface area contributed by atoms with Crippen LogP contribution in [0.2, 0.25) is 0 Å². The molecule has 0 amide bonds. The first-order chi connectivity index (χ1) is 33.0. The number of fused-ring (bicyclic) bond motifs is 12. The molecular weight excluding hydrogens is 813 g/mol. The van der Waals surface area contributed by atoms with E-state index in [4.69, 9.17) is 4.99 Å². The van der Waals surface area contributed by atoms with Gasteiger partial charge in [0.25, 0.3) is 0 Å². The molecule has 4 heteroatoms. The van der Waals surface area contributed by atoms with Crippen LogP contribution in [-0.4, -0.2) is 14.8 Å². The zero-order valence-electron chi connectivity index (χ0n) is 37.2. The lowest BCUT2D eigenvalue weighted by atomic mass is 9.79. The zero-order valence-corrected chi connectivity index (χ0v) is 37.2. The van der Waals surface area contributed by atoms with Gasteiger partial charge in [0.05, 0.1) is 33.5 Å². The lowest BCUT2D eigenvalue weighted by molar-refractivity contribution is 0.640. The minimum Gasteiger partial charge on any atom is -0.359 e. The first kappa shape index (κ1) is 37.9. The fourth-order valence-corrected chi connectivity index (χ4v) is 11.7. The van der Waals surface area contributed by atoms with Gasteiger partial charge in [0.2, 0.25) is 0 Å². The van der Waals surface area contributed by atoms with Gasteiger partial charge in [-0.25, -0.2) is 0 Å². The van der Waals surface area contributed by atoms with Gasteiger partial charge in [-0.1, -0.05) is 172 Å². The van der Waals surface area contributed by atoms with Crippen molar-refractivity contribution < 1.29 is 0 Å². The van der Waals surface area contributed by atoms with E-state index in [1.165, 1.54) is 99.0 Å². The van der Waals surface area contributed by atoms with E-state index in [1.807, 2.05) is 0 Å². The monoisotopic (exact) mass is 856 g/mol. The van der Waals surface area contributed by atoms with Crippen LogP contribution in [-0.2, 0) is 5.41 Å². The van der Waals surface area contributed by atoms with Crippen molar-refractivity contribution in [3.05, 3.63) is 246 Å². The van der Waals surface area contributed by atoms with Crippen LogP contribution in [0.1, 0.15) is 47.8 Å². The van der Waals surface area contributed by atoms with Gasteiger partial charge in [0.15, 0.2) is 0 Å². The summed E-state index contributed by atoms with van der Waals surface area (Å²) in [6.07, 6.45) is -0.290. The number of nitrogens with one attached hydrogen (secondary N) is 1. The molecule has 0 saturated carbocycles. The number of hydrogen-bond acceptors (Lipinski definition) is 2. The van der Waals surface area contributed by atoms with Gasteiger partial charge in [0, 0.05) is 60.4 Å². The predicted molar refractivity (Wildman–Crippen MR) is 281 cm³/mol. The Labute approximate surface area is 388 Å². The number of rotatable bonds is 5. The van der Waals surface area contributed by atoms with Gasteiger partial charge in [-0.15, -0.1) is 0 Å². The molecule has 12 aromatic rings. The molecule has 0 radical (unpaired) electrons. The molecule has 0 spiro atoms. The highest BCUT2D eigenvalue weighted by atomic mass is 15.1. The Hall–Kier alpha value is -8.47. The van der Waals surface area contributed by atoms with Crippen molar-refractivity contribution in [2.24, 2.45) is 4.99 Å². The molecule has 1 unspecified atom stereocenters. The molecule has 316 valence electrons. The first-order valence-electron chi connectivity index (χ1n) is 23.3. The zero-order chi connectivity index (χ0) is 44.4. The van der Waals surface area contributed by atoms with Crippen LogP contribution < -0.4 is 5.32 Å². The number of anilines is 1. The Morgan fingerprint density at radius 2 is 1.00 bits per heavy atom. The van der Waals surface area contributed by atoms with E-state index in [9.17, 15) is 0 Å². The first-order valence-corrected chi connectivity index (χ1v) is 23.3. The Kier molecular flexibility index (Phi) is 8.06. The molecule has 0 bridgehead atoms. The second kappa shape index (κ2) is 14.3. The maximum Gasteiger partial charge on any atom is 0.145 e. The SMILES string of the molecule is CC1(C)c2ccccc2-c2cccc(C3N=C(c4cccc(-n5c6ccccc6c6cc(-c7ccc8c(c7)c7ccccc7n8-c7ccccc7)ccc65)c4)c4ccc5ccccc5c4N3)c21. The molecule has 1 N–H and O–H groups in total. The summed E-state index contributed by atoms with van der Waals surface area (Å²) in [5, 5.41) is 11.3. The number of benzene rings is 10. The van der Waals surface area contributed by atoms with Gasteiger partial charge in [0.1, 0.15) is 6.17 Å². The molecule has 67 heavy (non-hydrogen) atoms. The fraction of sp³-hybridized carbons (Fsp3) is 0.0635. The average molecular weight is 857 g/mol. The quantitative estimate of drug-likeness (QED) is 0.184. The minimum absolute atomic E-state index is 0.176. The van der Waals surface area contributed by atoms with E-state index in [-0.39, 0.29) is 11.6 Å². The van der Waals surface area contributed by atoms with Gasteiger partial charge >= 0.3 is 0 Å². The van der Waals surface area contributed by atoms with E-state index >= 15 is 0 Å². The van der Waals surface area contributed by atoms with Crippen LogP contribution in [0.5, 0.6) is 0 Å². The topological polar surface area (TPSA) is 34.2 Å². The average Bonchev–Trinajstić information content (AvgIpc) is 3.98. The summed E-state index contributed by atoms with van der Waals surface area (Å²) >= 11 is 0. The highest BCUT2D eigenvalue weighted by Crippen LogP contribution is 2.52. The number of aromatic nitrogens is 2. The molecular formula is C63H44N4. The third-order valence-electron chi connectivity index (χ3n) is 14.7. The third kappa shape index (κ3) is 5.57. The number of para-hydroxylation sites is 3. The largest absolute Gasteiger partial charge is 0.359 e. The van der Waals surface area contributed by atoms with Crippen molar-refractivity contribution in [1.82, 2.24) is 9.13 Å². The Bertz CT molecular complexity index is 4050. The number of nitrogens with zero attached hydrogens (tertiary/aromatic N) is 3. The van der Waals surface area contributed by atoms with Gasteiger partial charge in [-0.05, 0) is 99.4 Å². The molecule has 0 fully saturated rings. The highest BCUT2D eigenvalue weighted by Gasteiger charge is 2.39. The van der Waals surface area contributed by atoms with Crippen LogP contribution in [0.25, 0.3) is 88.0 Å². The normalized spacial score (nSPS) is 14.9. The van der Waals surface area contributed by atoms with Crippen molar-refractivity contribution >= 4 is 65.8 Å². The molecule has 2 aliphatic rings. The molecule has 3 heterocycles. The summed E-state index contributed by atoms with van der Waals surface area (Å²) in [7, 11) is 0. The lowest BCUT2D eigenvalue weighted by Gasteiger charge is -2.31. The van der Waals surface area contributed by atoms with Crippen molar-refractivity contribution in [2.45, 2.75) is 25.4 Å². The summed E-state index contributed by atoms with van der Waals surface area (Å²) in [6, 6.07) is 80.0. The summed E-state index contributed by atoms with van der Waals surface area (Å²) in [5.74, 6) is 0. The maximum absolute atomic E-state index is 5.72. The van der Waals surface area contributed by atoms with Crippen molar-refractivity contribution in [2.75, 3.05) is 5.32 Å². The molecule has 2 aromatic heterocycles. The molecule has 14 rings (SSSR count). The molecule has 10 aromatic carbocycles. The third-order valence-corrected chi connectivity index (χ3v) is 14.7. The van der Waals surface area contributed by atoms with Crippen molar-refractivity contribution in [1.29, 1.82) is 0 Å². The van der Waals surface area contributed by atoms with Gasteiger partial charge in [-0.2, -0.15) is 0 Å². The number of hydrogen-bond donors (Lipinski definition) is 1. The van der Waals surface area contributed by atoms with Crippen LogP contribution in [0.15, 0.2) is 223 Å². The van der Waals surface area contributed by atoms with E-state index in [0.29, 0.717) is 0 Å². The standard InChI is InChI=1S/C63H44N4/c1-63(2)54-27-11-8-22-46(54)49-25-15-26-50(59(49)63)62-64-60(51-33-30-39-16-6-7-21-45(39)61(51)65-62)42-17-14-20-44(36-42)67-56-29-13-10-24-48(56)53-38-41(32-35-58(53)67)40-31-34-57-52(37-40)47-23-9-12-28-55(47)66(57)43-18-4-3-5-19-43/h3-38,62,65H,1-2H3. The van der Waals surface area contributed by atoms with Crippen LogP contribution >= 0.6 is 0 Å². The highest BCUT2D eigenvalue weighted by molar-refractivity contribution is 6.21. The van der Waals surface area contributed by atoms with Gasteiger partial charge in [-0.3, -0.25) is 4.99 Å².